The molecule has 0 aliphatic carbocycles. The van der Waals surface area contributed by atoms with Crippen molar-refractivity contribution in [1.82, 2.24) is 0 Å². The van der Waals surface area contributed by atoms with Gasteiger partial charge in [-0.05, 0) is 48.4 Å². The van der Waals surface area contributed by atoms with Gasteiger partial charge in [-0.15, -0.1) is 0 Å². The molecule has 160 valence electrons. The van der Waals surface area contributed by atoms with Crippen LogP contribution < -0.4 is 21.2 Å². The molecule has 1 N–H and O–H groups in total. The number of para-hydroxylation sites is 1. The topological polar surface area (TPSA) is 12.0 Å². The average Bonchev–Trinajstić information content (AvgIpc) is 2.88. The van der Waals surface area contributed by atoms with Gasteiger partial charge in [0.05, 0.1) is 5.69 Å². The molecule has 5 aromatic rings. The van der Waals surface area contributed by atoms with E-state index in [1.807, 2.05) is 24.3 Å². The Kier molecular flexibility index (Phi) is 6.53. The van der Waals surface area contributed by atoms with Gasteiger partial charge in [0.1, 0.15) is 0 Å². The highest BCUT2D eigenvalue weighted by Crippen LogP contribution is 2.40. The van der Waals surface area contributed by atoms with E-state index in [0.717, 1.165) is 16.4 Å². The van der Waals surface area contributed by atoms with Crippen molar-refractivity contribution in [3.63, 3.8) is 0 Å². The average molecular weight is 464 g/mol. The van der Waals surface area contributed by atoms with Crippen molar-refractivity contribution in [3.8, 4) is 11.1 Å². The van der Waals surface area contributed by atoms with Crippen molar-refractivity contribution in [3.05, 3.63) is 138 Å². The molecule has 5 rings (SSSR count). The number of benzene rings is 5. The van der Waals surface area contributed by atoms with Gasteiger partial charge in [0.25, 0.3) is 0 Å². The maximum absolute atomic E-state index is 6.16. The fourth-order valence-corrected chi connectivity index (χ4v) is 6.53. The highest BCUT2D eigenvalue weighted by atomic mass is 35.5. The first-order valence-corrected chi connectivity index (χ1v) is 12.6. The van der Waals surface area contributed by atoms with Crippen molar-refractivity contribution in [2.75, 3.05) is 5.32 Å². The first kappa shape index (κ1) is 21.5. The third-order valence-electron chi connectivity index (χ3n) is 5.51. The molecule has 5 aromatic carbocycles. The van der Waals surface area contributed by atoms with Crippen molar-refractivity contribution in [2.24, 2.45) is 0 Å². The zero-order valence-corrected chi connectivity index (χ0v) is 19.7. The Bertz CT molecular complexity index is 1280. The van der Waals surface area contributed by atoms with Gasteiger partial charge in [-0.3, -0.25) is 0 Å². The Labute approximate surface area is 201 Å². The van der Waals surface area contributed by atoms with Crippen LogP contribution >= 0.6 is 19.5 Å². The zero-order chi connectivity index (χ0) is 22.5. The molecule has 0 saturated carbocycles. The Morgan fingerprint density at radius 1 is 0.515 bits per heavy atom. The first-order valence-electron chi connectivity index (χ1n) is 10.9. The molecule has 0 fully saturated rings. The molecule has 0 aliphatic heterocycles. The molecular formula is C30H23ClNP. The normalized spacial score (nSPS) is 10.8. The van der Waals surface area contributed by atoms with Crippen LogP contribution in [0, 0.1) is 0 Å². The first-order chi connectivity index (χ1) is 16.3. The second-order valence-corrected chi connectivity index (χ2v) is 10.3. The molecule has 0 aromatic heterocycles. The van der Waals surface area contributed by atoms with Crippen molar-refractivity contribution in [2.45, 2.75) is 0 Å². The molecule has 3 heteroatoms. The van der Waals surface area contributed by atoms with E-state index in [9.17, 15) is 0 Å². The molecule has 0 bridgehead atoms. The molecule has 0 heterocycles. The molecule has 33 heavy (non-hydrogen) atoms. The highest BCUT2D eigenvalue weighted by molar-refractivity contribution is 7.80. The maximum Gasteiger partial charge on any atom is 0.0548 e. The standard InChI is InChI=1S/C30H23ClNP/c31-24-19-21-25(22-20-24)32-30-28(23-11-4-1-5-12-23)17-10-18-29(30)33(26-13-6-2-7-14-26)27-15-8-3-9-16-27/h1-22,32H. The van der Waals surface area contributed by atoms with Crippen LogP contribution in [-0.2, 0) is 0 Å². The Morgan fingerprint density at radius 2 is 1.06 bits per heavy atom. The highest BCUT2D eigenvalue weighted by Gasteiger charge is 2.22. The second-order valence-electron chi connectivity index (χ2n) is 7.70. The molecule has 0 aliphatic rings. The Balaban J connectivity index is 1.73. The van der Waals surface area contributed by atoms with Gasteiger partial charge in [-0.25, -0.2) is 0 Å². The van der Waals surface area contributed by atoms with E-state index >= 15 is 0 Å². The van der Waals surface area contributed by atoms with Crippen LogP contribution in [0.1, 0.15) is 0 Å². The second kappa shape index (κ2) is 10.0. The Morgan fingerprint density at radius 3 is 1.64 bits per heavy atom. The SMILES string of the molecule is Clc1ccc(Nc2c(-c3ccccc3)cccc2P(c2ccccc2)c2ccccc2)cc1. The van der Waals surface area contributed by atoms with Gasteiger partial charge in [0.15, 0.2) is 0 Å². The quantitative estimate of drug-likeness (QED) is 0.257. The molecule has 0 atom stereocenters. The summed E-state index contributed by atoms with van der Waals surface area (Å²) in [6, 6.07) is 46.7. The van der Waals surface area contributed by atoms with Crippen LogP contribution in [0.25, 0.3) is 11.1 Å². The van der Waals surface area contributed by atoms with Gasteiger partial charge >= 0.3 is 0 Å². The van der Waals surface area contributed by atoms with E-state index in [2.05, 4.69) is 115 Å². The lowest BCUT2D eigenvalue weighted by atomic mass is 10.0. The lowest BCUT2D eigenvalue weighted by Gasteiger charge is -2.25. The summed E-state index contributed by atoms with van der Waals surface area (Å²) >= 11 is 6.16. The number of nitrogens with one attached hydrogen (secondary N) is 1. The molecule has 0 spiro atoms. The number of hydrogen-bond donors (Lipinski definition) is 1. The van der Waals surface area contributed by atoms with E-state index in [1.165, 1.54) is 27.0 Å². The fourth-order valence-electron chi connectivity index (χ4n) is 3.98. The summed E-state index contributed by atoms with van der Waals surface area (Å²) in [7, 11) is -0.764. The van der Waals surface area contributed by atoms with Gasteiger partial charge < -0.3 is 5.32 Å². The largest absolute Gasteiger partial charge is 0.354 e. The minimum Gasteiger partial charge on any atom is -0.354 e. The van der Waals surface area contributed by atoms with E-state index < -0.39 is 7.92 Å². The number of halogens is 1. The summed E-state index contributed by atoms with van der Waals surface area (Å²) < 4.78 is 0. The minimum absolute atomic E-state index is 0.730. The van der Waals surface area contributed by atoms with Gasteiger partial charge in [-0.1, -0.05) is 121 Å². The van der Waals surface area contributed by atoms with Gasteiger partial charge in [0, 0.05) is 21.6 Å². The zero-order valence-electron chi connectivity index (χ0n) is 18.0. The van der Waals surface area contributed by atoms with Crippen LogP contribution in [0.15, 0.2) is 133 Å². The summed E-state index contributed by atoms with van der Waals surface area (Å²) in [6.45, 7) is 0. The summed E-state index contributed by atoms with van der Waals surface area (Å²) in [5.74, 6) is 0. The fraction of sp³-hybridized carbons (Fsp3) is 0. The molecular weight excluding hydrogens is 441 g/mol. The van der Waals surface area contributed by atoms with Crippen LogP contribution in [0.3, 0.4) is 0 Å². The van der Waals surface area contributed by atoms with E-state index in [4.69, 9.17) is 11.6 Å². The van der Waals surface area contributed by atoms with Crippen molar-refractivity contribution >= 4 is 46.8 Å². The van der Waals surface area contributed by atoms with Crippen LogP contribution in [0.5, 0.6) is 0 Å². The number of anilines is 2. The smallest absolute Gasteiger partial charge is 0.0548 e. The lowest BCUT2D eigenvalue weighted by Crippen LogP contribution is -2.23. The van der Waals surface area contributed by atoms with E-state index in [0.29, 0.717) is 0 Å². The molecule has 0 amide bonds. The summed E-state index contributed by atoms with van der Waals surface area (Å²) in [5, 5.41) is 8.41. The third-order valence-corrected chi connectivity index (χ3v) is 8.25. The number of hydrogen-bond acceptors (Lipinski definition) is 1. The molecule has 0 unspecified atom stereocenters. The van der Waals surface area contributed by atoms with Crippen LogP contribution in [0.4, 0.5) is 11.4 Å². The lowest BCUT2D eigenvalue weighted by molar-refractivity contribution is 1.55. The van der Waals surface area contributed by atoms with Crippen molar-refractivity contribution in [1.29, 1.82) is 0 Å². The van der Waals surface area contributed by atoms with Gasteiger partial charge in [0.2, 0.25) is 0 Å². The molecule has 1 nitrogen and oxygen atoms in total. The van der Waals surface area contributed by atoms with E-state index in [1.54, 1.807) is 0 Å². The Hall–Kier alpha value is -3.38. The van der Waals surface area contributed by atoms with Crippen molar-refractivity contribution < 1.29 is 0 Å². The summed E-state index contributed by atoms with van der Waals surface area (Å²) in [5.41, 5.74) is 4.51. The predicted octanol–water partition coefficient (Wildman–Crippen LogP) is 7.51. The molecule has 0 radical (unpaired) electrons. The predicted molar refractivity (Wildman–Crippen MR) is 145 cm³/mol. The molecule has 0 saturated heterocycles. The van der Waals surface area contributed by atoms with E-state index in [-0.39, 0.29) is 0 Å². The van der Waals surface area contributed by atoms with Crippen LogP contribution in [0.2, 0.25) is 5.02 Å². The monoisotopic (exact) mass is 463 g/mol. The number of rotatable bonds is 6. The summed E-state index contributed by atoms with van der Waals surface area (Å²) in [6.07, 6.45) is 0. The third kappa shape index (κ3) is 4.86. The minimum atomic E-state index is -0.764. The van der Waals surface area contributed by atoms with Crippen LogP contribution in [-0.4, -0.2) is 0 Å². The van der Waals surface area contributed by atoms with Gasteiger partial charge in [-0.2, -0.15) is 0 Å². The maximum atomic E-state index is 6.16. The summed E-state index contributed by atoms with van der Waals surface area (Å²) in [4.78, 5) is 0.